The van der Waals surface area contributed by atoms with E-state index in [2.05, 4.69) is 11.5 Å². The van der Waals surface area contributed by atoms with Gasteiger partial charge in [0.05, 0.1) is 0 Å². The molecular weight excluding hydrogens is 182 g/mol. The fraction of sp³-hybridized carbons (Fsp3) is 0.818. The van der Waals surface area contributed by atoms with E-state index >= 15 is 0 Å². The molecule has 2 fully saturated rings. The molecule has 0 N–H and O–H groups in total. The van der Waals surface area contributed by atoms with Crippen molar-refractivity contribution >= 4 is 11.6 Å². The zero-order chi connectivity index (χ0) is 9.31. The number of nitrogens with zero attached hydrogens (tertiary/aromatic N) is 1. The lowest BCUT2D eigenvalue weighted by Gasteiger charge is -2.48. The van der Waals surface area contributed by atoms with Crippen LogP contribution in [0.4, 0.5) is 0 Å². The molecule has 0 aromatic carbocycles. The van der Waals surface area contributed by atoms with E-state index in [1.807, 2.05) is 0 Å². The van der Waals surface area contributed by atoms with E-state index in [0.29, 0.717) is 0 Å². The zero-order valence-electron chi connectivity index (χ0n) is 8.19. The average Bonchev–Trinajstić information content (AvgIpc) is 2.02. The van der Waals surface area contributed by atoms with Crippen molar-refractivity contribution in [3.05, 3.63) is 11.6 Å². The highest BCUT2D eigenvalue weighted by atomic mass is 35.5. The summed E-state index contributed by atoms with van der Waals surface area (Å²) in [6.07, 6.45) is 7.18. The summed E-state index contributed by atoms with van der Waals surface area (Å²) in [5.74, 6) is 0. The standard InChI is InChI=1S/C11H18ClN/c1-10(12)9-13-7-5-11(6-8-13)3-2-4-11/h1-9H2. The van der Waals surface area contributed by atoms with Crippen LogP contribution in [0.25, 0.3) is 0 Å². The maximum atomic E-state index is 5.79. The molecule has 0 bridgehead atoms. The molecule has 0 aromatic rings. The Morgan fingerprint density at radius 2 is 1.85 bits per heavy atom. The average molecular weight is 200 g/mol. The highest BCUT2D eigenvalue weighted by Gasteiger charge is 2.39. The minimum Gasteiger partial charge on any atom is -0.298 e. The number of piperidine rings is 1. The first kappa shape index (κ1) is 9.54. The largest absolute Gasteiger partial charge is 0.298 e. The van der Waals surface area contributed by atoms with Crippen molar-refractivity contribution in [2.24, 2.45) is 5.41 Å². The summed E-state index contributed by atoms with van der Waals surface area (Å²) in [7, 11) is 0. The molecule has 0 aromatic heterocycles. The Bertz CT molecular complexity index is 198. The van der Waals surface area contributed by atoms with Crippen LogP contribution in [0.5, 0.6) is 0 Å². The van der Waals surface area contributed by atoms with Crippen LogP contribution in [0, 0.1) is 5.41 Å². The maximum absolute atomic E-state index is 5.79. The fourth-order valence-corrected chi connectivity index (χ4v) is 2.77. The van der Waals surface area contributed by atoms with Crippen LogP contribution in [-0.2, 0) is 0 Å². The zero-order valence-corrected chi connectivity index (χ0v) is 8.95. The van der Waals surface area contributed by atoms with Gasteiger partial charge >= 0.3 is 0 Å². The van der Waals surface area contributed by atoms with Gasteiger partial charge in [0, 0.05) is 11.6 Å². The molecule has 1 saturated carbocycles. The molecule has 1 heterocycles. The molecule has 2 heteroatoms. The summed E-state index contributed by atoms with van der Waals surface area (Å²) < 4.78 is 0. The highest BCUT2D eigenvalue weighted by Crippen LogP contribution is 2.48. The van der Waals surface area contributed by atoms with Crippen LogP contribution in [-0.4, -0.2) is 24.5 Å². The summed E-state index contributed by atoms with van der Waals surface area (Å²) in [4.78, 5) is 2.43. The highest BCUT2D eigenvalue weighted by molar-refractivity contribution is 6.29. The Labute approximate surface area is 85.8 Å². The minimum atomic E-state index is 0.754. The van der Waals surface area contributed by atoms with Gasteiger partial charge in [-0.1, -0.05) is 24.6 Å². The number of likely N-dealkylation sites (tertiary alicyclic amines) is 1. The summed E-state index contributed by atoms with van der Waals surface area (Å²) >= 11 is 5.79. The molecule has 2 aliphatic rings. The summed E-state index contributed by atoms with van der Waals surface area (Å²) in [6.45, 7) is 7.09. The Hall–Kier alpha value is -0.0100. The first-order chi connectivity index (χ1) is 6.20. The number of halogens is 1. The molecule has 1 nitrogen and oxygen atoms in total. The summed E-state index contributed by atoms with van der Waals surface area (Å²) in [5.41, 5.74) is 0.754. The van der Waals surface area contributed by atoms with E-state index in [0.717, 1.165) is 17.0 Å². The van der Waals surface area contributed by atoms with E-state index < -0.39 is 0 Å². The van der Waals surface area contributed by atoms with Crippen molar-refractivity contribution < 1.29 is 0 Å². The minimum absolute atomic E-state index is 0.754. The molecule has 1 spiro atoms. The van der Waals surface area contributed by atoms with Gasteiger partial charge in [-0.3, -0.25) is 4.90 Å². The van der Waals surface area contributed by atoms with Crippen LogP contribution in [0.2, 0.25) is 0 Å². The second-order valence-electron chi connectivity index (χ2n) is 4.65. The van der Waals surface area contributed by atoms with E-state index in [4.69, 9.17) is 11.6 Å². The first-order valence-electron chi connectivity index (χ1n) is 5.26. The second-order valence-corrected chi connectivity index (χ2v) is 5.18. The van der Waals surface area contributed by atoms with Crippen molar-refractivity contribution in [2.75, 3.05) is 19.6 Å². The Balaban J connectivity index is 1.79. The van der Waals surface area contributed by atoms with Crippen LogP contribution in [0.1, 0.15) is 32.1 Å². The monoisotopic (exact) mass is 199 g/mol. The predicted molar refractivity (Wildman–Crippen MR) is 57.0 cm³/mol. The normalized spacial score (nSPS) is 27.2. The lowest BCUT2D eigenvalue weighted by molar-refractivity contribution is 0.0376. The van der Waals surface area contributed by atoms with Gasteiger partial charge in [0.25, 0.3) is 0 Å². The van der Waals surface area contributed by atoms with Crippen molar-refractivity contribution in [3.63, 3.8) is 0 Å². The summed E-state index contributed by atoms with van der Waals surface area (Å²) in [5, 5.41) is 0.782. The smallest absolute Gasteiger partial charge is 0.0335 e. The quantitative estimate of drug-likeness (QED) is 0.661. The van der Waals surface area contributed by atoms with E-state index in [1.165, 1.54) is 45.2 Å². The number of rotatable bonds is 2. The van der Waals surface area contributed by atoms with Crippen molar-refractivity contribution in [2.45, 2.75) is 32.1 Å². The molecule has 0 amide bonds. The molecule has 1 saturated heterocycles. The third kappa shape index (κ3) is 2.08. The Kier molecular flexibility index (Phi) is 2.66. The van der Waals surface area contributed by atoms with Gasteiger partial charge < -0.3 is 0 Å². The van der Waals surface area contributed by atoms with Crippen molar-refractivity contribution in [1.29, 1.82) is 0 Å². The van der Waals surface area contributed by atoms with Gasteiger partial charge in [-0.2, -0.15) is 0 Å². The molecule has 0 unspecified atom stereocenters. The predicted octanol–water partition coefficient (Wildman–Crippen LogP) is 3.01. The Morgan fingerprint density at radius 3 is 2.23 bits per heavy atom. The third-order valence-corrected chi connectivity index (χ3v) is 3.85. The number of hydrogen-bond acceptors (Lipinski definition) is 1. The molecule has 0 radical (unpaired) electrons. The van der Waals surface area contributed by atoms with E-state index in [-0.39, 0.29) is 0 Å². The molecular formula is C11H18ClN. The van der Waals surface area contributed by atoms with E-state index in [1.54, 1.807) is 0 Å². The van der Waals surface area contributed by atoms with Gasteiger partial charge in [0.2, 0.25) is 0 Å². The van der Waals surface area contributed by atoms with Crippen LogP contribution >= 0.6 is 11.6 Å². The second kappa shape index (κ2) is 3.62. The lowest BCUT2D eigenvalue weighted by Crippen LogP contribution is -2.43. The lowest BCUT2D eigenvalue weighted by atomic mass is 9.63. The van der Waals surface area contributed by atoms with Gasteiger partial charge in [-0.25, -0.2) is 0 Å². The SMILES string of the molecule is C=C(Cl)CN1CCC2(CCC2)CC1. The van der Waals surface area contributed by atoms with Crippen molar-refractivity contribution in [3.8, 4) is 0 Å². The molecule has 13 heavy (non-hydrogen) atoms. The van der Waals surface area contributed by atoms with Crippen LogP contribution in [0.3, 0.4) is 0 Å². The van der Waals surface area contributed by atoms with Crippen molar-refractivity contribution in [1.82, 2.24) is 4.90 Å². The summed E-state index contributed by atoms with van der Waals surface area (Å²) in [6, 6.07) is 0. The molecule has 0 atom stereocenters. The fourth-order valence-electron chi connectivity index (χ4n) is 2.60. The number of hydrogen-bond donors (Lipinski definition) is 0. The third-order valence-electron chi connectivity index (χ3n) is 3.73. The van der Waals surface area contributed by atoms with Gasteiger partial charge in [-0.15, -0.1) is 0 Å². The van der Waals surface area contributed by atoms with E-state index in [9.17, 15) is 0 Å². The molecule has 1 aliphatic carbocycles. The first-order valence-corrected chi connectivity index (χ1v) is 5.64. The van der Waals surface area contributed by atoms with Crippen LogP contribution < -0.4 is 0 Å². The molecule has 2 rings (SSSR count). The van der Waals surface area contributed by atoms with Gasteiger partial charge in [0.1, 0.15) is 0 Å². The maximum Gasteiger partial charge on any atom is 0.0335 e. The molecule has 74 valence electrons. The van der Waals surface area contributed by atoms with Crippen LogP contribution in [0.15, 0.2) is 11.6 Å². The van der Waals surface area contributed by atoms with Gasteiger partial charge in [0.15, 0.2) is 0 Å². The van der Waals surface area contributed by atoms with Gasteiger partial charge in [-0.05, 0) is 44.2 Å². The Morgan fingerprint density at radius 1 is 1.23 bits per heavy atom. The molecule has 1 aliphatic heterocycles. The topological polar surface area (TPSA) is 3.24 Å².